The van der Waals surface area contributed by atoms with E-state index in [1.807, 2.05) is 19.9 Å². The van der Waals surface area contributed by atoms with E-state index in [9.17, 15) is 8.42 Å². The SMILES string of the molecule is CCNC(=NCCN1CCN(c2ncccn2)CC1)NC(C)CCS(C)(=O)=O. The van der Waals surface area contributed by atoms with Crippen molar-refractivity contribution in [1.29, 1.82) is 0 Å². The zero-order chi connectivity index (χ0) is 20.4. The minimum absolute atomic E-state index is 0.0435. The summed E-state index contributed by atoms with van der Waals surface area (Å²) in [5.41, 5.74) is 0. The maximum atomic E-state index is 11.3. The van der Waals surface area contributed by atoms with E-state index < -0.39 is 9.84 Å². The van der Waals surface area contributed by atoms with Crippen LogP contribution in [0.1, 0.15) is 20.3 Å². The van der Waals surface area contributed by atoms with E-state index in [1.165, 1.54) is 6.26 Å². The zero-order valence-electron chi connectivity index (χ0n) is 17.1. The van der Waals surface area contributed by atoms with E-state index in [2.05, 4.69) is 35.4 Å². The molecule has 0 amide bonds. The van der Waals surface area contributed by atoms with Crippen LogP contribution in [0.15, 0.2) is 23.5 Å². The first-order valence-electron chi connectivity index (χ1n) is 9.84. The van der Waals surface area contributed by atoms with Crippen molar-refractivity contribution in [2.75, 3.05) is 62.7 Å². The highest BCUT2D eigenvalue weighted by Crippen LogP contribution is 2.09. The van der Waals surface area contributed by atoms with Gasteiger partial charge < -0.3 is 15.5 Å². The molecule has 158 valence electrons. The molecule has 9 nitrogen and oxygen atoms in total. The third-order valence-electron chi connectivity index (χ3n) is 4.54. The molecule has 0 bridgehead atoms. The third-order valence-corrected chi connectivity index (χ3v) is 5.52. The van der Waals surface area contributed by atoms with Crippen LogP contribution in [0, 0.1) is 0 Å². The van der Waals surface area contributed by atoms with Crippen LogP contribution in [0.3, 0.4) is 0 Å². The number of sulfone groups is 1. The van der Waals surface area contributed by atoms with Gasteiger partial charge in [0.25, 0.3) is 0 Å². The topological polar surface area (TPSA) is 103 Å². The summed E-state index contributed by atoms with van der Waals surface area (Å²) in [6, 6.07) is 1.87. The summed E-state index contributed by atoms with van der Waals surface area (Å²) < 4.78 is 22.6. The molecule has 1 unspecified atom stereocenters. The zero-order valence-corrected chi connectivity index (χ0v) is 18.0. The van der Waals surface area contributed by atoms with Crippen molar-refractivity contribution in [2.24, 2.45) is 4.99 Å². The summed E-state index contributed by atoms with van der Waals surface area (Å²) in [5, 5.41) is 6.51. The molecule has 1 atom stereocenters. The van der Waals surface area contributed by atoms with Gasteiger partial charge in [0.05, 0.1) is 12.3 Å². The highest BCUT2D eigenvalue weighted by molar-refractivity contribution is 7.90. The van der Waals surface area contributed by atoms with E-state index in [1.54, 1.807) is 12.4 Å². The first-order valence-corrected chi connectivity index (χ1v) is 11.9. The Morgan fingerprint density at radius 2 is 1.93 bits per heavy atom. The number of aliphatic imine (C=N–C) groups is 1. The molecule has 0 aromatic carbocycles. The summed E-state index contributed by atoms with van der Waals surface area (Å²) >= 11 is 0. The lowest BCUT2D eigenvalue weighted by atomic mass is 10.3. The van der Waals surface area contributed by atoms with Crippen LogP contribution in [0.4, 0.5) is 5.95 Å². The standard InChI is InChI=1S/C18H33N7O2S/c1-4-19-17(23-16(2)6-15-28(3,26)27)20-9-10-24-11-13-25(14-12-24)18-21-7-5-8-22-18/h5,7-8,16H,4,6,9-15H2,1-3H3,(H2,19,20,23). The monoisotopic (exact) mass is 411 g/mol. The van der Waals surface area contributed by atoms with E-state index >= 15 is 0 Å². The fourth-order valence-corrected chi connectivity index (χ4v) is 3.73. The molecule has 2 rings (SSSR count). The lowest BCUT2D eigenvalue weighted by Crippen LogP contribution is -2.48. The minimum atomic E-state index is -2.94. The number of guanidine groups is 1. The van der Waals surface area contributed by atoms with Gasteiger partial charge in [-0.15, -0.1) is 0 Å². The maximum Gasteiger partial charge on any atom is 0.225 e. The molecule has 0 aliphatic carbocycles. The molecule has 0 saturated carbocycles. The van der Waals surface area contributed by atoms with Crippen molar-refractivity contribution in [2.45, 2.75) is 26.3 Å². The average Bonchev–Trinajstić information content (AvgIpc) is 2.67. The normalized spacial score (nSPS) is 17.4. The van der Waals surface area contributed by atoms with Crippen LogP contribution < -0.4 is 15.5 Å². The molecule has 1 aliphatic heterocycles. The first kappa shape index (κ1) is 22.4. The van der Waals surface area contributed by atoms with Crippen molar-refractivity contribution >= 4 is 21.7 Å². The number of nitrogens with one attached hydrogen (secondary N) is 2. The summed E-state index contributed by atoms with van der Waals surface area (Å²) in [5.74, 6) is 1.71. The number of rotatable bonds is 9. The van der Waals surface area contributed by atoms with Crippen molar-refractivity contribution in [3.8, 4) is 0 Å². The second-order valence-corrected chi connectivity index (χ2v) is 9.36. The molecule has 28 heavy (non-hydrogen) atoms. The summed E-state index contributed by atoms with van der Waals surface area (Å²) in [4.78, 5) is 17.8. The molecule has 0 spiro atoms. The van der Waals surface area contributed by atoms with Crippen molar-refractivity contribution in [1.82, 2.24) is 25.5 Å². The average molecular weight is 412 g/mol. The van der Waals surface area contributed by atoms with E-state index in [4.69, 9.17) is 0 Å². The molecule has 2 N–H and O–H groups in total. The number of nitrogens with zero attached hydrogens (tertiary/aromatic N) is 5. The van der Waals surface area contributed by atoms with Crippen LogP contribution in [0.2, 0.25) is 0 Å². The Balaban J connectivity index is 1.74. The van der Waals surface area contributed by atoms with E-state index in [0.29, 0.717) is 13.0 Å². The molecule has 1 saturated heterocycles. The minimum Gasteiger partial charge on any atom is -0.357 e. The summed E-state index contributed by atoms with van der Waals surface area (Å²) in [7, 11) is -2.94. The molecular weight excluding hydrogens is 378 g/mol. The Morgan fingerprint density at radius 3 is 2.54 bits per heavy atom. The number of hydrogen-bond donors (Lipinski definition) is 2. The fraction of sp³-hybridized carbons (Fsp3) is 0.722. The number of piperazine rings is 1. The molecule has 1 fully saturated rings. The third kappa shape index (κ3) is 8.39. The summed E-state index contributed by atoms with van der Waals surface area (Å²) in [6.45, 7) is 10.1. The Labute approximate surface area is 168 Å². The Hall–Kier alpha value is -1.94. The number of anilines is 1. The highest BCUT2D eigenvalue weighted by Gasteiger charge is 2.18. The fourth-order valence-electron chi connectivity index (χ4n) is 2.95. The molecular formula is C18H33N7O2S. The smallest absolute Gasteiger partial charge is 0.225 e. The first-order chi connectivity index (χ1) is 13.4. The largest absolute Gasteiger partial charge is 0.357 e. The molecule has 1 aliphatic rings. The van der Waals surface area contributed by atoms with Gasteiger partial charge in [0.1, 0.15) is 9.84 Å². The van der Waals surface area contributed by atoms with Crippen LogP contribution >= 0.6 is 0 Å². The van der Waals surface area contributed by atoms with E-state index in [0.717, 1.165) is 51.2 Å². The van der Waals surface area contributed by atoms with E-state index in [-0.39, 0.29) is 11.8 Å². The van der Waals surface area contributed by atoms with Gasteiger partial charge in [0.15, 0.2) is 5.96 Å². The Bertz CT molecular complexity index is 704. The van der Waals surface area contributed by atoms with Gasteiger partial charge in [0.2, 0.25) is 5.95 Å². The molecule has 0 radical (unpaired) electrons. The lowest BCUT2D eigenvalue weighted by molar-refractivity contribution is 0.263. The number of aromatic nitrogens is 2. The maximum absolute atomic E-state index is 11.3. The highest BCUT2D eigenvalue weighted by atomic mass is 32.2. The van der Waals surface area contributed by atoms with Gasteiger partial charge in [-0.1, -0.05) is 0 Å². The quantitative estimate of drug-likeness (QED) is 0.432. The van der Waals surface area contributed by atoms with Crippen molar-refractivity contribution in [3.05, 3.63) is 18.5 Å². The van der Waals surface area contributed by atoms with Gasteiger partial charge in [-0.3, -0.25) is 9.89 Å². The Kier molecular flexibility index (Phi) is 8.91. The van der Waals surface area contributed by atoms with Crippen molar-refractivity contribution in [3.63, 3.8) is 0 Å². The predicted octanol–water partition coefficient (Wildman–Crippen LogP) is -0.0231. The number of hydrogen-bond acceptors (Lipinski definition) is 7. The van der Waals surface area contributed by atoms with Gasteiger partial charge >= 0.3 is 0 Å². The van der Waals surface area contributed by atoms with Crippen molar-refractivity contribution < 1.29 is 8.42 Å². The molecule has 10 heteroatoms. The van der Waals surface area contributed by atoms with Crippen LogP contribution in [0.25, 0.3) is 0 Å². The molecule has 2 heterocycles. The van der Waals surface area contributed by atoms with Gasteiger partial charge in [-0.25, -0.2) is 18.4 Å². The van der Waals surface area contributed by atoms with Gasteiger partial charge in [-0.05, 0) is 26.3 Å². The van der Waals surface area contributed by atoms with Gasteiger partial charge in [0, 0.05) is 64.0 Å². The lowest BCUT2D eigenvalue weighted by Gasteiger charge is -2.34. The molecule has 1 aromatic rings. The second-order valence-electron chi connectivity index (χ2n) is 7.10. The van der Waals surface area contributed by atoms with Gasteiger partial charge in [-0.2, -0.15) is 0 Å². The molecule has 1 aromatic heterocycles. The van der Waals surface area contributed by atoms with Crippen LogP contribution in [-0.4, -0.2) is 93.1 Å². The second kappa shape index (κ2) is 11.2. The Morgan fingerprint density at radius 1 is 1.25 bits per heavy atom. The van der Waals surface area contributed by atoms with Crippen LogP contribution in [-0.2, 0) is 9.84 Å². The van der Waals surface area contributed by atoms with Crippen LogP contribution in [0.5, 0.6) is 0 Å². The summed E-state index contributed by atoms with van der Waals surface area (Å²) in [6.07, 6.45) is 5.38. The predicted molar refractivity (Wildman–Crippen MR) is 114 cm³/mol.